The molecule has 1 aromatic heterocycles. The van der Waals surface area contributed by atoms with Gasteiger partial charge in [0.2, 0.25) is 5.95 Å². The van der Waals surface area contributed by atoms with Crippen LogP contribution in [0, 0.1) is 0 Å². The number of nitrogens with two attached hydrogens (primary N) is 1. The van der Waals surface area contributed by atoms with Crippen LogP contribution in [0.3, 0.4) is 0 Å². The lowest BCUT2D eigenvalue weighted by atomic mass is 10.3. The van der Waals surface area contributed by atoms with Crippen LogP contribution in [0.4, 0.5) is 11.6 Å². The Morgan fingerprint density at radius 2 is 2.05 bits per heavy atom. The maximum Gasteiger partial charge on any atom is 0.227 e. The average Bonchev–Trinajstić information content (AvgIpc) is 2.42. The van der Waals surface area contributed by atoms with E-state index in [9.17, 15) is 0 Å². The molecule has 0 aliphatic heterocycles. The fraction of sp³-hybridized carbons (Fsp3) is 0.154. The molecule has 6 heteroatoms. The molecule has 0 aliphatic rings. The summed E-state index contributed by atoms with van der Waals surface area (Å²) in [5.41, 5.74) is 6.93. The molecule has 0 unspecified atom stereocenters. The molecule has 0 atom stereocenters. The maximum atomic E-state index is 5.53. The van der Waals surface area contributed by atoms with E-state index in [-0.39, 0.29) is 4.99 Å². The largest absolute Gasteiger partial charge is 0.494 e. The van der Waals surface area contributed by atoms with Gasteiger partial charge in [-0.15, -0.1) is 0 Å². The highest BCUT2D eigenvalue weighted by molar-refractivity contribution is 7.80. The van der Waals surface area contributed by atoms with Gasteiger partial charge in [-0.3, -0.25) is 0 Å². The van der Waals surface area contributed by atoms with E-state index in [2.05, 4.69) is 15.3 Å². The molecule has 1 aromatic carbocycles. The summed E-state index contributed by atoms with van der Waals surface area (Å²) in [7, 11) is 0. The normalized spacial score (nSPS) is 9.95. The van der Waals surface area contributed by atoms with Gasteiger partial charge in [-0.1, -0.05) is 12.2 Å². The van der Waals surface area contributed by atoms with E-state index in [1.54, 1.807) is 12.3 Å². The van der Waals surface area contributed by atoms with Crippen molar-refractivity contribution >= 4 is 28.8 Å². The third kappa shape index (κ3) is 3.62. The molecule has 2 aromatic rings. The van der Waals surface area contributed by atoms with Crippen LogP contribution in [0.15, 0.2) is 36.5 Å². The standard InChI is InChI=1S/C13H14N4OS/c1-2-18-10-5-3-9(4-6-10)16-13-15-8-7-11(17-13)12(14)19/h3-8H,2H2,1H3,(H2,14,19)(H,15,16,17). The summed E-state index contributed by atoms with van der Waals surface area (Å²) in [5, 5.41) is 3.08. The van der Waals surface area contributed by atoms with Gasteiger partial charge in [0.25, 0.3) is 0 Å². The fourth-order valence-electron chi connectivity index (χ4n) is 1.49. The van der Waals surface area contributed by atoms with E-state index in [0.29, 0.717) is 18.2 Å². The quantitative estimate of drug-likeness (QED) is 0.815. The second kappa shape index (κ2) is 6.10. The van der Waals surface area contributed by atoms with Crippen LogP contribution in [0.1, 0.15) is 12.6 Å². The topological polar surface area (TPSA) is 73.1 Å². The number of rotatable bonds is 5. The van der Waals surface area contributed by atoms with Crippen molar-refractivity contribution in [1.82, 2.24) is 9.97 Å². The third-order valence-electron chi connectivity index (χ3n) is 2.33. The molecule has 0 saturated heterocycles. The van der Waals surface area contributed by atoms with Crippen molar-refractivity contribution < 1.29 is 4.74 Å². The molecule has 0 saturated carbocycles. The molecule has 0 spiro atoms. The van der Waals surface area contributed by atoms with Crippen molar-refractivity contribution in [3.8, 4) is 5.75 Å². The SMILES string of the molecule is CCOc1ccc(Nc2nccc(C(N)=S)n2)cc1. The molecule has 0 fully saturated rings. The van der Waals surface area contributed by atoms with Crippen LogP contribution in [0.25, 0.3) is 0 Å². The zero-order chi connectivity index (χ0) is 13.7. The lowest BCUT2D eigenvalue weighted by Crippen LogP contribution is -2.12. The zero-order valence-corrected chi connectivity index (χ0v) is 11.3. The Balaban J connectivity index is 2.12. The Labute approximate surface area is 116 Å². The van der Waals surface area contributed by atoms with Crippen molar-refractivity contribution in [2.75, 3.05) is 11.9 Å². The molecule has 0 bridgehead atoms. The van der Waals surface area contributed by atoms with E-state index in [1.165, 1.54) is 0 Å². The van der Waals surface area contributed by atoms with Gasteiger partial charge in [0.1, 0.15) is 16.4 Å². The van der Waals surface area contributed by atoms with Crippen molar-refractivity contribution in [1.29, 1.82) is 0 Å². The summed E-state index contributed by atoms with van der Waals surface area (Å²) < 4.78 is 5.37. The second-order valence-electron chi connectivity index (χ2n) is 3.71. The number of nitrogens with zero attached hydrogens (tertiary/aromatic N) is 2. The first kappa shape index (κ1) is 13.2. The first-order valence-electron chi connectivity index (χ1n) is 5.82. The van der Waals surface area contributed by atoms with Gasteiger partial charge in [-0.2, -0.15) is 0 Å². The number of benzene rings is 1. The summed E-state index contributed by atoms with van der Waals surface area (Å²) in [6.45, 7) is 2.59. The summed E-state index contributed by atoms with van der Waals surface area (Å²) >= 11 is 4.88. The molecule has 0 radical (unpaired) electrons. The highest BCUT2D eigenvalue weighted by Crippen LogP contribution is 2.18. The molecular formula is C13H14N4OS. The van der Waals surface area contributed by atoms with Crippen LogP contribution >= 0.6 is 12.2 Å². The Morgan fingerprint density at radius 1 is 1.32 bits per heavy atom. The predicted molar refractivity (Wildman–Crippen MR) is 78.8 cm³/mol. The Kier molecular flexibility index (Phi) is 4.25. The minimum absolute atomic E-state index is 0.247. The lowest BCUT2D eigenvalue weighted by molar-refractivity contribution is 0.340. The van der Waals surface area contributed by atoms with Crippen LogP contribution in [-0.4, -0.2) is 21.6 Å². The van der Waals surface area contributed by atoms with Gasteiger partial charge >= 0.3 is 0 Å². The molecule has 98 valence electrons. The number of hydrogen-bond donors (Lipinski definition) is 2. The predicted octanol–water partition coefficient (Wildman–Crippen LogP) is 2.25. The van der Waals surface area contributed by atoms with Crippen LogP contribution in [-0.2, 0) is 0 Å². The summed E-state index contributed by atoms with van der Waals surface area (Å²) in [6.07, 6.45) is 1.61. The van der Waals surface area contributed by atoms with Gasteiger partial charge in [-0.05, 0) is 37.3 Å². The lowest BCUT2D eigenvalue weighted by Gasteiger charge is -2.07. The Hall–Kier alpha value is -2.21. The van der Waals surface area contributed by atoms with Crippen LogP contribution in [0.2, 0.25) is 0 Å². The number of anilines is 2. The summed E-state index contributed by atoms with van der Waals surface area (Å²) in [4.78, 5) is 8.56. The first-order valence-corrected chi connectivity index (χ1v) is 6.22. The molecule has 2 rings (SSSR count). The fourth-order valence-corrected chi connectivity index (χ4v) is 1.60. The van der Waals surface area contributed by atoms with E-state index < -0.39 is 0 Å². The smallest absolute Gasteiger partial charge is 0.227 e. The van der Waals surface area contributed by atoms with E-state index >= 15 is 0 Å². The van der Waals surface area contributed by atoms with Crippen molar-refractivity contribution in [3.05, 3.63) is 42.2 Å². The highest BCUT2D eigenvalue weighted by atomic mass is 32.1. The van der Waals surface area contributed by atoms with Crippen molar-refractivity contribution in [2.24, 2.45) is 5.73 Å². The van der Waals surface area contributed by atoms with Gasteiger partial charge in [-0.25, -0.2) is 9.97 Å². The van der Waals surface area contributed by atoms with Crippen molar-refractivity contribution in [2.45, 2.75) is 6.92 Å². The molecular weight excluding hydrogens is 260 g/mol. The minimum atomic E-state index is 0.247. The Bertz CT molecular complexity index is 571. The average molecular weight is 274 g/mol. The van der Waals surface area contributed by atoms with Gasteiger partial charge in [0, 0.05) is 11.9 Å². The molecule has 5 nitrogen and oxygen atoms in total. The van der Waals surface area contributed by atoms with E-state index in [4.69, 9.17) is 22.7 Å². The van der Waals surface area contributed by atoms with Gasteiger partial charge < -0.3 is 15.8 Å². The van der Waals surface area contributed by atoms with E-state index in [1.807, 2.05) is 31.2 Å². The molecule has 3 N–H and O–H groups in total. The van der Waals surface area contributed by atoms with Crippen LogP contribution in [0.5, 0.6) is 5.75 Å². The van der Waals surface area contributed by atoms with E-state index in [0.717, 1.165) is 11.4 Å². The second-order valence-corrected chi connectivity index (χ2v) is 4.15. The monoisotopic (exact) mass is 274 g/mol. The number of nitrogens with one attached hydrogen (secondary N) is 1. The molecule has 0 aliphatic carbocycles. The minimum Gasteiger partial charge on any atom is -0.494 e. The number of ether oxygens (including phenoxy) is 1. The number of hydrogen-bond acceptors (Lipinski definition) is 5. The third-order valence-corrected chi connectivity index (χ3v) is 2.54. The molecule has 0 amide bonds. The highest BCUT2D eigenvalue weighted by Gasteiger charge is 2.02. The first-order chi connectivity index (χ1) is 9.19. The van der Waals surface area contributed by atoms with Gasteiger partial charge in [0.15, 0.2) is 0 Å². The Morgan fingerprint density at radius 3 is 2.68 bits per heavy atom. The maximum absolute atomic E-state index is 5.53. The van der Waals surface area contributed by atoms with Gasteiger partial charge in [0.05, 0.1) is 6.61 Å². The molecule has 19 heavy (non-hydrogen) atoms. The number of thiocarbonyl (C=S) groups is 1. The van der Waals surface area contributed by atoms with Crippen LogP contribution < -0.4 is 15.8 Å². The zero-order valence-electron chi connectivity index (χ0n) is 10.5. The summed E-state index contributed by atoms with van der Waals surface area (Å²) in [6, 6.07) is 9.21. The number of aromatic nitrogens is 2. The van der Waals surface area contributed by atoms with Crippen molar-refractivity contribution in [3.63, 3.8) is 0 Å². The molecule has 1 heterocycles. The summed E-state index contributed by atoms with van der Waals surface area (Å²) in [5.74, 6) is 1.28.